The highest BCUT2D eigenvalue weighted by Gasteiger charge is 2.18. The van der Waals surface area contributed by atoms with Crippen molar-refractivity contribution in [2.45, 2.75) is 38.5 Å². The van der Waals surface area contributed by atoms with Gasteiger partial charge in [-0.1, -0.05) is 12.8 Å². The molecule has 0 saturated heterocycles. The van der Waals surface area contributed by atoms with Crippen LogP contribution in [-0.4, -0.2) is 20.0 Å². The Morgan fingerprint density at radius 3 is 1.54 bits per heavy atom. The molecule has 0 amide bonds. The van der Waals surface area contributed by atoms with Crippen molar-refractivity contribution in [1.29, 1.82) is 0 Å². The highest BCUT2D eigenvalue weighted by Crippen LogP contribution is 2.27. The number of ether oxygens (including phenoxy) is 2. The predicted molar refractivity (Wildman–Crippen MR) is 51.5 cm³/mol. The van der Waals surface area contributed by atoms with Crippen LogP contribution in [0.4, 0.5) is 0 Å². The molecule has 0 aromatic heterocycles. The predicted octanol–water partition coefficient (Wildman–Crippen LogP) is 2.58. The van der Waals surface area contributed by atoms with E-state index in [1.165, 1.54) is 38.5 Å². The first-order chi connectivity index (χ1) is 6.45. The van der Waals surface area contributed by atoms with Crippen LogP contribution in [0.1, 0.15) is 38.5 Å². The van der Waals surface area contributed by atoms with Gasteiger partial charge in [-0.15, -0.1) is 0 Å². The summed E-state index contributed by atoms with van der Waals surface area (Å²) >= 11 is 0. The van der Waals surface area contributed by atoms with Crippen LogP contribution in [-0.2, 0) is 9.47 Å². The van der Waals surface area contributed by atoms with Crippen molar-refractivity contribution in [3.8, 4) is 0 Å². The first kappa shape index (κ1) is 9.47. The van der Waals surface area contributed by atoms with Crippen LogP contribution in [0.3, 0.4) is 0 Å². The topological polar surface area (TPSA) is 18.5 Å². The minimum Gasteiger partial charge on any atom is -0.355 e. The van der Waals surface area contributed by atoms with Crippen LogP contribution < -0.4 is 0 Å². The lowest BCUT2D eigenvalue weighted by atomic mass is 9.86. The summed E-state index contributed by atoms with van der Waals surface area (Å²) in [6.45, 7) is 2.36. The molecule has 0 atom stereocenters. The summed E-state index contributed by atoms with van der Waals surface area (Å²) in [5, 5.41) is 0. The van der Waals surface area contributed by atoms with E-state index in [0.29, 0.717) is 6.79 Å². The minimum atomic E-state index is 0.521. The molecule has 2 rings (SSSR count). The summed E-state index contributed by atoms with van der Waals surface area (Å²) in [7, 11) is 0. The zero-order chi connectivity index (χ0) is 8.93. The van der Waals surface area contributed by atoms with Crippen LogP contribution in [0, 0.1) is 11.8 Å². The summed E-state index contributed by atoms with van der Waals surface area (Å²) in [4.78, 5) is 0. The Bertz CT molecular complexity index is 123. The molecule has 2 nitrogen and oxygen atoms in total. The Morgan fingerprint density at radius 2 is 1.23 bits per heavy atom. The molecule has 0 N–H and O–H groups in total. The molecule has 0 heterocycles. The fourth-order valence-electron chi connectivity index (χ4n) is 1.81. The summed E-state index contributed by atoms with van der Waals surface area (Å²) in [5.74, 6) is 1.68. The number of rotatable bonds is 6. The quantitative estimate of drug-likeness (QED) is 0.466. The maximum absolute atomic E-state index is 5.43. The van der Waals surface area contributed by atoms with E-state index in [-0.39, 0.29) is 0 Å². The summed E-state index contributed by atoms with van der Waals surface area (Å²) in [6.07, 6.45) is 8.25. The van der Waals surface area contributed by atoms with Crippen molar-refractivity contribution in [3.63, 3.8) is 0 Å². The van der Waals surface area contributed by atoms with Crippen molar-refractivity contribution in [3.05, 3.63) is 0 Å². The van der Waals surface area contributed by atoms with Gasteiger partial charge in [0.05, 0.1) is 13.2 Å². The second-order valence-corrected chi connectivity index (χ2v) is 4.45. The standard InChI is InChI=1S/C11H20O2/c1-3-10(4-1)7-12-9-13-8-11-5-2-6-11/h10-11H,1-9H2. The largest absolute Gasteiger partial charge is 0.355 e. The molecule has 0 aromatic rings. The fourth-order valence-corrected chi connectivity index (χ4v) is 1.81. The maximum Gasteiger partial charge on any atom is 0.146 e. The molecule has 0 radical (unpaired) electrons. The molecule has 13 heavy (non-hydrogen) atoms. The molecule has 0 bridgehead atoms. The number of hydrogen-bond donors (Lipinski definition) is 0. The van der Waals surface area contributed by atoms with Gasteiger partial charge in [-0.05, 0) is 37.5 Å². The minimum absolute atomic E-state index is 0.521. The van der Waals surface area contributed by atoms with E-state index in [0.717, 1.165) is 25.0 Å². The SMILES string of the molecule is C1CC(COCOCC2CCC2)C1. The molecule has 2 saturated carbocycles. The van der Waals surface area contributed by atoms with Gasteiger partial charge in [0, 0.05) is 0 Å². The van der Waals surface area contributed by atoms with E-state index in [1.807, 2.05) is 0 Å². The van der Waals surface area contributed by atoms with Crippen LogP contribution >= 0.6 is 0 Å². The van der Waals surface area contributed by atoms with Gasteiger partial charge in [0.15, 0.2) is 0 Å². The molecule has 0 spiro atoms. The smallest absolute Gasteiger partial charge is 0.146 e. The number of hydrogen-bond acceptors (Lipinski definition) is 2. The molecule has 2 fully saturated rings. The van der Waals surface area contributed by atoms with Gasteiger partial charge < -0.3 is 9.47 Å². The molecular weight excluding hydrogens is 164 g/mol. The highest BCUT2D eigenvalue weighted by molar-refractivity contribution is 4.69. The van der Waals surface area contributed by atoms with Gasteiger partial charge in [0.2, 0.25) is 0 Å². The van der Waals surface area contributed by atoms with Crippen molar-refractivity contribution >= 4 is 0 Å². The summed E-state index contributed by atoms with van der Waals surface area (Å²) in [5.41, 5.74) is 0. The lowest BCUT2D eigenvalue weighted by Gasteiger charge is -2.26. The van der Waals surface area contributed by atoms with E-state index >= 15 is 0 Å². The molecule has 0 aliphatic heterocycles. The van der Waals surface area contributed by atoms with Gasteiger partial charge in [-0.3, -0.25) is 0 Å². The molecule has 0 aromatic carbocycles. The van der Waals surface area contributed by atoms with Gasteiger partial charge in [0.25, 0.3) is 0 Å². The maximum atomic E-state index is 5.43. The van der Waals surface area contributed by atoms with Crippen LogP contribution in [0.2, 0.25) is 0 Å². The van der Waals surface area contributed by atoms with Crippen LogP contribution in [0.25, 0.3) is 0 Å². The Labute approximate surface area is 80.6 Å². The van der Waals surface area contributed by atoms with Gasteiger partial charge in [-0.25, -0.2) is 0 Å². The monoisotopic (exact) mass is 184 g/mol. The molecule has 0 unspecified atom stereocenters. The molecule has 2 heteroatoms. The third-order valence-corrected chi connectivity index (χ3v) is 3.32. The highest BCUT2D eigenvalue weighted by atomic mass is 16.7. The second kappa shape index (κ2) is 4.97. The van der Waals surface area contributed by atoms with Gasteiger partial charge in [-0.2, -0.15) is 0 Å². The molecule has 2 aliphatic rings. The first-order valence-corrected chi connectivity index (χ1v) is 5.60. The molecule has 76 valence electrons. The second-order valence-electron chi connectivity index (χ2n) is 4.45. The third kappa shape index (κ3) is 2.96. The zero-order valence-corrected chi connectivity index (χ0v) is 8.34. The van der Waals surface area contributed by atoms with Crippen molar-refractivity contribution in [2.24, 2.45) is 11.8 Å². The van der Waals surface area contributed by atoms with Gasteiger partial charge >= 0.3 is 0 Å². The summed E-state index contributed by atoms with van der Waals surface area (Å²) < 4.78 is 10.9. The average molecular weight is 184 g/mol. The van der Waals surface area contributed by atoms with Crippen molar-refractivity contribution in [2.75, 3.05) is 20.0 Å². The molecule has 2 aliphatic carbocycles. The Morgan fingerprint density at radius 1 is 0.769 bits per heavy atom. The van der Waals surface area contributed by atoms with E-state index in [1.54, 1.807) is 0 Å². The third-order valence-electron chi connectivity index (χ3n) is 3.32. The van der Waals surface area contributed by atoms with Gasteiger partial charge in [0.1, 0.15) is 6.79 Å². The fraction of sp³-hybridized carbons (Fsp3) is 1.00. The van der Waals surface area contributed by atoms with E-state index in [4.69, 9.17) is 9.47 Å². The van der Waals surface area contributed by atoms with E-state index in [2.05, 4.69) is 0 Å². The Balaban J connectivity index is 1.36. The average Bonchev–Trinajstić information content (AvgIpc) is 1.96. The van der Waals surface area contributed by atoms with Crippen LogP contribution in [0.5, 0.6) is 0 Å². The Kier molecular flexibility index (Phi) is 3.62. The normalized spacial score (nSPS) is 24.0. The lowest BCUT2D eigenvalue weighted by Crippen LogP contribution is -2.21. The lowest BCUT2D eigenvalue weighted by molar-refractivity contribution is -0.0864. The summed E-state index contributed by atoms with van der Waals surface area (Å²) in [6, 6.07) is 0. The van der Waals surface area contributed by atoms with Crippen molar-refractivity contribution < 1.29 is 9.47 Å². The first-order valence-electron chi connectivity index (χ1n) is 5.60. The van der Waals surface area contributed by atoms with E-state index < -0.39 is 0 Å². The Hall–Kier alpha value is -0.0800. The zero-order valence-electron chi connectivity index (χ0n) is 8.34. The van der Waals surface area contributed by atoms with Crippen molar-refractivity contribution in [1.82, 2.24) is 0 Å². The van der Waals surface area contributed by atoms with E-state index in [9.17, 15) is 0 Å². The van der Waals surface area contributed by atoms with Crippen LogP contribution in [0.15, 0.2) is 0 Å². The molecular formula is C11H20O2.